The molecule has 1 aliphatic heterocycles. The predicted octanol–water partition coefficient (Wildman–Crippen LogP) is 2.78. The van der Waals surface area contributed by atoms with Crippen LogP contribution in [0.2, 0.25) is 0 Å². The van der Waals surface area contributed by atoms with E-state index in [0.717, 1.165) is 16.9 Å². The lowest BCUT2D eigenvalue weighted by molar-refractivity contribution is -0.125. The van der Waals surface area contributed by atoms with E-state index in [1.54, 1.807) is 27.4 Å². The van der Waals surface area contributed by atoms with Crippen LogP contribution in [0, 0.1) is 0 Å². The van der Waals surface area contributed by atoms with Crippen LogP contribution >= 0.6 is 0 Å². The Morgan fingerprint density at radius 2 is 1.48 bits per heavy atom. The number of hydrogen-bond acceptors (Lipinski definition) is 6. The standard InChI is InChI=1S/C23H29N3O5/c1-24(2)21(17-6-8-18(29-3)9-7-17)14-26-22(27)15-25(23(26)28)13-16-10-19(30-4)12-20(11-16)31-5/h6-12,21H,13-15H2,1-5H3/t21-/m0/s1. The molecule has 166 valence electrons. The van der Waals surface area contributed by atoms with Gasteiger partial charge in [-0.05, 0) is 49.5 Å². The molecule has 8 nitrogen and oxygen atoms in total. The molecule has 31 heavy (non-hydrogen) atoms. The summed E-state index contributed by atoms with van der Waals surface area (Å²) >= 11 is 0. The van der Waals surface area contributed by atoms with Crippen LogP contribution in [0.25, 0.3) is 0 Å². The minimum absolute atomic E-state index is 0.0428. The lowest BCUT2D eigenvalue weighted by Crippen LogP contribution is -2.39. The van der Waals surface area contributed by atoms with Crippen molar-refractivity contribution >= 4 is 11.9 Å². The van der Waals surface area contributed by atoms with Gasteiger partial charge in [0.15, 0.2) is 0 Å². The molecule has 3 rings (SSSR count). The number of amides is 3. The fourth-order valence-corrected chi connectivity index (χ4v) is 3.64. The Kier molecular flexibility index (Phi) is 7.02. The number of benzene rings is 2. The smallest absolute Gasteiger partial charge is 0.327 e. The van der Waals surface area contributed by atoms with Crippen LogP contribution in [0.15, 0.2) is 42.5 Å². The number of carbonyl (C=O) groups is 2. The van der Waals surface area contributed by atoms with Crippen molar-refractivity contribution in [2.24, 2.45) is 0 Å². The topological polar surface area (TPSA) is 71.5 Å². The zero-order chi connectivity index (χ0) is 22.5. The van der Waals surface area contributed by atoms with Gasteiger partial charge in [0.05, 0.1) is 33.9 Å². The van der Waals surface area contributed by atoms with E-state index in [2.05, 4.69) is 0 Å². The van der Waals surface area contributed by atoms with E-state index in [1.807, 2.05) is 55.4 Å². The molecule has 1 aliphatic rings. The number of ether oxygens (including phenoxy) is 3. The zero-order valence-electron chi connectivity index (χ0n) is 18.6. The number of imide groups is 1. The van der Waals surface area contributed by atoms with Gasteiger partial charge >= 0.3 is 6.03 Å². The number of urea groups is 1. The van der Waals surface area contributed by atoms with Gasteiger partial charge in [0.1, 0.15) is 23.8 Å². The average molecular weight is 428 g/mol. The van der Waals surface area contributed by atoms with Crippen LogP contribution in [0.4, 0.5) is 4.79 Å². The first-order chi connectivity index (χ1) is 14.9. The fraction of sp³-hybridized carbons (Fsp3) is 0.391. The highest BCUT2D eigenvalue weighted by Crippen LogP contribution is 2.27. The lowest BCUT2D eigenvalue weighted by Gasteiger charge is -2.28. The average Bonchev–Trinajstić information content (AvgIpc) is 3.03. The van der Waals surface area contributed by atoms with E-state index in [4.69, 9.17) is 14.2 Å². The molecule has 2 aromatic rings. The lowest BCUT2D eigenvalue weighted by atomic mass is 10.1. The van der Waals surface area contributed by atoms with Gasteiger partial charge in [-0.1, -0.05) is 12.1 Å². The van der Waals surface area contributed by atoms with Crippen LogP contribution in [-0.4, -0.2) is 75.2 Å². The highest BCUT2D eigenvalue weighted by atomic mass is 16.5. The maximum Gasteiger partial charge on any atom is 0.327 e. The Morgan fingerprint density at radius 3 is 2.00 bits per heavy atom. The minimum atomic E-state index is -0.299. The van der Waals surface area contributed by atoms with Crippen molar-refractivity contribution in [1.29, 1.82) is 0 Å². The van der Waals surface area contributed by atoms with Crippen LogP contribution in [0.3, 0.4) is 0 Å². The summed E-state index contributed by atoms with van der Waals surface area (Å²) in [6, 6.07) is 12.7. The number of methoxy groups -OCH3 is 3. The Bertz CT molecular complexity index is 907. The van der Waals surface area contributed by atoms with E-state index in [1.165, 1.54) is 9.80 Å². The third-order valence-electron chi connectivity index (χ3n) is 5.39. The summed E-state index contributed by atoms with van der Waals surface area (Å²) in [5.74, 6) is 1.82. The molecule has 8 heteroatoms. The molecule has 1 heterocycles. The Balaban J connectivity index is 1.75. The maximum atomic E-state index is 13.0. The Hall–Kier alpha value is -3.26. The van der Waals surface area contributed by atoms with E-state index in [9.17, 15) is 9.59 Å². The molecule has 0 radical (unpaired) electrons. The zero-order valence-corrected chi connectivity index (χ0v) is 18.6. The molecule has 1 saturated heterocycles. The molecule has 0 spiro atoms. The highest BCUT2D eigenvalue weighted by Gasteiger charge is 2.37. The van der Waals surface area contributed by atoms with E-state index in [0.29, 0.717) is 18.0 Å². The van der Waals surface area contributed by atoms with Crippen molar-refractivity contribution in [3.8, 4) is 17.2 Å². The molecule has 0 unspecified atom stereocenters. The fourth-order valence-electron chi connectivity index (χ4n) is 3.64. The molecule has 0 N–H and O–H groups in total. The van der Waals surface area contributed by atoms with E-state index < -0.39 is 0 Å². The number of carbonyl (C=O) groups excluding carboxylic acids is 2. The monoisotopic (exact) mass is 427 g/mol. The van der Waals surface area contributed by atoms with Crippen molar-refractivity contribution in [3.05, 3.63) is 53.6 Å². The number of likely N-dealkylation sites (N-methyl/N-ethyl adjacent to an activating group) is 1. The summed E-state index contributed by atoms with van der Waals surface area (Å²) in [5.41, 5.74) is 1.83. The van der Waals surface area contributed by atoms with Gasteiger partial charge in [-0.15, -0.1) is 0 Å². The minimum Gasteiger partial charge on any atom is -0.497 e. The van der Waals surface area contributed by atoms with Crippen molar-refractivity contribution in [2.75, 3.05) is 48.5 Å². The normalized spacial score (nSPS) is 14.9. The van der Waals surface area contributed by atoms with Crippen molar-refractivity contribution < 1.29 is 23.8 Å². The van der Waals surface area contributed by atoms with Crippen molar-refractivity contribution in [2.45, 2.75) is 12.6 Å². The molecule has 1 atom stereocenters. The SMILES string of the molecule is COc1ccc([C@H](CN2C(=O)CN(Cc3cc(OC)cc(OC)c3)C2=O)N(C)C)cc1. The predicted molar refractivity (Wildman–Crippen MR) is 116 cm³/mol. The summed E-state index contributed by atoms with van der Waals surface area (Å²) < 4.78 is 15.8. The van der Waals surface area contributed by atoms with Crippen molar-refractivity contribution in [1.82, 2.24) is 14.7 Å². The van der Waals surface area contributed by atoms with Crippen LogP contribution in [-0.2, 0) is 11.3 Å². The van der Waals surface area contributed by atoms with Gasteiger partial charge in [0, 0.05) is 12.6 Å². The summed E-state index contributed by atoms with van der Waals surface area (Å²) in [6.07, 6.45) is 0. The molecule has 1 fully saturated rings. The van der Waals surface area contributed by atoms with Crippen LogP contribution < -0.4 is 14.2 Å². The third-order valence-corrected chi connectivity index (χ3v) is 5.39. The first kappa shape index (κ1) is 22.4. The first-order valence-corrected chi connectivity index (χ1v) is 9.97. The molecule has 0 bridgehead atoms. The molecular weight excluding hydrogens is 398 g/mol. The Labute approximate surface area is 182 Å². The largest absolute Gasteiger partial charge is 0.497 e. The molecule has 0 saturated carbocycles. The number of nitrogens with zero attached hydrogens (tertiary/aromatic N) is 3. The van der Waals surface area contributed by atoms with Gasteiger partial charge in [0.25, 0.3) is 0 Å². The molecule has 0 aliphatic carbocycles. The second-order valence-corrected chi connectivity index (χ2v) is 7.62. The van der Waals surface area contributed by atoms with Gasteiger partial charge in [0.2, 0.25) is 5.91 Å². The second-order valence-electron chi connectivity index (χ2n) is 7.62. The summed E-state index contributed by atoms with van der Waals surface area (Å²) in [6.45, 7) is 0.611. The quantitative estimate of drug-likeness (QED) is 0.573. The second kappa shape index (κ2) is 9.70. The van der Waals surface area contributed by atoms with E-state index in [-0.39, 0.29) is 31.1 Å². The van der Waals surface area contributed by atoms with Crippen LogP contribution in [0.5, 0.6) is 17.2 Å². The third kappa shape index (κ3) is 5.08. The summed E-state index contributed by atoms with van der Waals surface area (Å²) in [5, 5.41) is 0. The van der Waals surface area contributed by atoms with Gasteiger partial charge in [-0.25, -0.2) is 4.79 Å². The van der Waals surface area contributed by atoms with Gasteiger partial charge in [-0.3, -0.25) is 9.69 Å². The molecule has 3 amide bonds. The molecular formula is C23H29N3O5. The highest BCUT2D eigenvalue weighted by molar-refractivity contribution is 6.02. The van der Waals surface area contributed by atoms with Gasteiger partial charge in [-0.2, -0.15) is 0 Å². The Morgan fingerprint density at radius 1 is 0.903 bits per heavy atom. The molecule has 0 aromatic heterocycles. The molecule has 2 aromatic carbocycles. The first-order valence-electron chi connectivity index (χ1n) is 9.97. The summed E-state index contributed by atoms with van der Waals surface area (Å²) in [4.78, 5) is 30.6. The number of hydrogen-bond donors (Lipinski definition) is 0. The van der Waals surface area contributed by atoms with Crippen LogP contribution in [0.1, 0.15) is 17.2 Å². The maximum absolute atomic E-state index is 13.0. The van der Waals surface area contributed by atoms with Crippen molar-refractivity contribution in [3.63, 3.8) is 0 Å². The number of rotatable bonds is 9. The summed E-state index contributed by atoms with van der Waals surface area (Å²) in [7, 11) is 8.63. The van der Waals surface area contributed by atoms with Gasteiger partial charge < -0.3 is 24.0 Å². The van der Waals surface area contributed by atoms with E-state index >= 15 is 0 Å².